The Bertz CT molecular complexity index is 502. The second kappa shape index (κ2) is 6.53. The monoisotopic (exact) mass is 293 g/mol. The molecule has 1 aromatic carbocycles. The molecule has 0 spiro atoms. The van der Waals surface area contributed by atoms with Gasteiger partial charge >= 0.3 is 0 Å². The highest BCUT2D eigenvalue weighted by Crippen LogP contribution is 2.35. The SMILES string of the molecule is CCC(CCl)(CCc1scnc1C)c1ccccc1. The van der Waals surface area contributed by atoms with Gasteiger partial charge in [-0.25, -0.2) is 4.98 Å². The molecule has 1 unspecified atom stereocenters. The van der Waals surface area contributed by atoms with Crippen LogP contribution in [0.25, 0.3) is 0 Å². The largest absolute Gasteiger partial charge is 0.250 e. The van der Waals surface area contributed by atoms with E-state index >= 15 is 0 Å². The van der Waals surface area contributed by atoms with Crippen molar-refractivity contribution < 1.29 is 0 Å². The summed E-state index contributed by atoms with van der Waals surface area (Å²) in [4.78, 5) is 5.72. The van der Waals surface area contributed by atoms with Crippen LogP contribution in [0, 0.1) is 6.92 Å². The topological polar surface area (TPSA) is 12.9 Å². The second-order valence-corrected chi connectivity index (χ2v) is 6.20. The van der Waals surface area contributed by atoms with Crippen LogP contribution in [-0.2, 0) is 11.8 Å². The molecule has 1 nitrogen and oxygen atoms in total. The van der Waals surface area contributed by atoms with Crippen LogP contribution < -0.4 is 0 Å². The first kappa shape index (κ1) is 14.5. The molecule has 2 aromatic rings. The lowest BCUT2D eigenvalue weighted by atomic mass is 9.76. The summed E-state index contributed by atoms with van der Waals surface area (Å²) in [7, 11) is 0. The number of nitrogens with zero attached hydrogens (tertiary/aromatic N) is 1. The van der Waals surface area contributed by atoms with Gasteiger partial charge in [0.1, 0.15) is 0 Å². The Labute approximate surface area is 124 Å². The molecule has 3 heteroatoms. The standard InChI is InChI=1S/C16H20ClNS/c1-3-16(11-17,14-7-5-4-6-8-14)10-9-15-13(2)18-12-19-15/h4-8,12H,3,9-11H2,1-2H3. The highest BCUT2D eigenvalue weighted by molar-refractivity contribution is 7.09. The van der Waals surface area contributed by atoms with Gasteiger partial charge in [-0.2, -0.15) is 0 Å². The van der Waals surface area contributed by atoms with Gasteiger partial charge in [-0.15, -0.1) is 22.9 Å². The first-order chi connectivity index (χ1) is 9.22. The molecule has 0 aliphatic carbocycles. The fraction of sp³-hybridized carbons (Fsp3) is 0.438. The number of rotatable bonds is 6. The number of aryl methyl sites for hydroxylation is 2. The highest BCUT2D eigenvalue weighted by atomic mass is 35.5. The van der Waals surface area contributed by atoms with E-state index in [2.05, 4.69) is 49.2 Å². The van der Waals surface area contributed by atoms with E-state index in [0.717, 1.165) is 25.0 Å². The third-order valence-corrected chi connectivity index (χ3v) is 5.50. The van der Waals surface area contributed by atoms with Crippen LogP contribution in [0.3, 0.4) is 0 Å². The summed E-state index contributed by atoms with van der Waals surface area (Å²) < 4.78 is 0. The van der Waals surface area contributed by atoms with Gasteiger partial charge in [0.2, 0.25) is 0 Å². The molecule has 0 N–H and O–H groups in total. The van der Waals surface area contributed by atoms with Gasteiger partial charge < -0.3 is 0 Å². The molecule has 19 heavy (non-hydrogen) atoms. The van der Waals surface area contributed by atoms with Crippen LogP contribution >= 0.6 is 22.9 Å². The first-order valence-electron chi connectivity index (χ1n) is 6.72. The molecule has 0 aliphatic heterocycles. The Kier molecular flexibility index (Phi) is 5.00. The van der Waals surface area contributed by atoms with Crippen molar-refractivity contribution >= 4 is 22.9 Å². The van der Waals surface area contributed by atoms with E-state index in [-0.39, 0.29) is 5.41 Å². The number of aromatic nitrogens is 1. The van der Waals surface area contributed by atoms with Crippen LogP contribution in [0.5, 0.6) is 0 Å². The van der Waals surface area contributed by atoms with Gasteiger partial charge in [0.25, 0.3) is 0 Å². The Morgan fingerprint density at radius 3 is 2.53 bits per heavy atom. The third kappa shape index (κ3) is 3.18. The lowest BCUT2D eigenvalue weighted by Crippen LogP contribution is -2.28. The van der Waals surface area contributed by atoms with Crippen LogP contribution in [0.2, 0.25) is 0 Å². The van der Waals surface area contributed by atoms with E-state index in [0.29, 0.717) is 5.88 Å². The summed E-state index contributed by atoms with van der Waals surface area (Å²) in [6, 6.07) is 10.7. The Morgan fingerprint density at radius 2 is 2.00 bits per heavy atom. The van der Waals surface area contributed by atoms with Crippen LogP contribution in [0.1, 0.15) is 35.9 Å². The molecule has 0 radical (unpaired) electrons. The van der Waals surface area contributed by atoms with Crippen LogP contribution in [-0.4, -0.2) is 10.9 Å². The minimum Gasteiger partial charge on any atom is -0.250 e. The smallest absolute Gasteiger partial charge is 0.0797 e. The Hall–Kier alpha value is -0.860. The number of alkyl halides is 1. The third-order valence-electron chi connectivity index (χ3n) is 3.99. The maximum atomic E-state index is 6.33. The molecule has 0 fully saturated rings. The predicted octanol–water partition coefficient (Wildman–Crippen LogP) is 4.97. The number of halogens is 1. The van der Waals surface area contributed by atoms with Crippen LogP contribution in [0.4, 0.5) is 0 Å². The Morgan fingerprint density at radius 1 is 1.26 bits per heavy atom. The summed E-state index contributed by atoms with van der Waals surface area (Å²) in [5.41, 5.74) is 4.54. The van der Waals surface area contributed by atoms with Crippen molar-refractivity contribution in [3.8, 4) is 0 Å². The minimum absolute atomic E-state index is 0.0826. The van der Waals surface area contributed by atoms with Gasteiger partial charge in [-0.3, -0.25) is 0 Å². The summed E-state index contributed by atoms with van der Waals surface area (Å²) in [6.07, 6.45) is 3.21. The lowest BCUT2D eigenvalue weighted by Gasteiger charge is -2.31. The molecule has 0 saturated heterocycles. The molecule has 2 rings (SSSR count). The number of hydrogen-bond donors (Lipinski definition) is 0. The number of hydrogen-bond acceptors (Lipinski definition) is 2. The van der Waals surface area contributed by atoms with Gasteiger partial charge in [0.05, 0.1) is 11.2 Å². The molecule has 102 valence electrons. The summed E-state index contributed by atoms with van der Waals surface area (Å²) in [5.74, 6) is 0.672. The van der Waals surface area contributed by atoms with E-state index in [4.69, 9.17) is 11.6 Å². The molecular formula is C16H20ClNS. The van der Waals surface area contributed by atoms with Crippen molar-refractivity contribution in [3.63, 3.8) is 0 Å². The highest BCUT2D eigenvalue weighted by Gasteiger charge is 2.29. The number of thiazole rings is 1. The van der Waals surface area contributed by atoms with Gasteiger partial charge in [-0.05, 0) is 31.7 Å². The average molecular weight is 294 g/mol. The van der Waals surface area contributed by atoms with Crippen molar-refractivity contribution in [3.05, 3.63) is 52.0 Å². The van der Waals surface area contributed by atoms with Crippen molar-refractivity contribution in [1.82, 2.24) is 4.98 Å². The molecule has 1 atom stereocenters. The second-order valence-electron chi connectivity index (χ2n) is 4.99. The molecule has 1 heterocycles. The van der Waals surface area contributed by atoms with E-state index in [1.54, 1.807) is 11.3 Å². The minimum atomic E-state index is 0.0826. The zero-order valence-electron chi connectivity index (χ0n) is 11.5. The molecule has 1 aromatic heterocycles. The molecular weight excluding hydrogens is 274 g/mol. The summed E-state index contributed by atoms with van der Waals surface area (Å²) in [5, 5.41) is 0. The fourth-order valence-electron chi connectivity index (χ4n) is 2.47. The summed E-state index contributed by atoms with van der Waals surface area (Å²) >= 11 is 8.08. The molecule has 0 saturated carbocycles. The maximum Gasteiger partial charge on any atom is 0.0797 e. The molecule has 0 amide bonds. The lowest BCUT2D eigenvalue weighted by molar-refractivity contribution is 0.425. The van der Waals surface area contributed by atoms with E-state index < -0.39 is 0 Å². The Balaban J connectivity index is 2.18. The first-order valence-corrected chi connectivity index (χ1v) is 8.14. The molecule has 0 aliphatic rings. The maximum absolute atomic E-state index is 6.33. The normalized spacial score (nSPS) is 14.3. The van der Waals surface area contributed by atoms with Crippen molar-refractivity contribution in [2.24, 2.45) is 0 Å². The van der Waals surface area contributed by atoms with Gasteiger partial charge in [0.15, 0.2) is 0 Å². The van der Waals surface area contributed by atoms with E-state index in [9.17, 15) is 0 Å². The van der Waals surface area contributed by atoms with E-state index in [1.165, 1.54) is 10.4 Å². The van der Waals surface area contributed by atoms with Gasteiger partial charge in [0, 0.05) is 16.2 Å². The zero-order chi connectivity index (χ0) is 13.7. The van der Waals surface area contributed by atoms with Crippen molar-refractivity contribution in [2.45, 2.75) is 38.5 Å². The predicted molar refractivity (Wildman–Crippen MR) is 84.3 cm³/mol. The average Bonchev–Trinajstić information content (AvgIpc) is 2.87. The van der Waals surface area contributed by atoms with Crippen molar-refractivity contribution in [1.29, 1.82) is 0 Å². The van der Waals surface area contributed by atoms with Crippen molar-refractivity contribution in [2.75, 3.05) is 5.88 Å². The fourth-order valence-corrected chi connectivity index (χ4v) is 3.73. The zero-order valence-corrected chi connectivity index (χ0v) is 13.1. The van der Waals surface area contributed by atoms with Crippen LogP contribution in [0.15, 0.2) is 35.8 Å². The number of benzene rings is 1. The summed E-state index contributed by atoms with van der Waals surface area (Å²) in [6.45, 7) is 4.32. The van der Waals surface area contributed by atoms with Gasteiger partial charge in [-0.1, -0.05) is 37.3 Å². The van der Waals surface area contributed by atoms with E-state index in [1.807, 2.05) is 5.51 Å². The molecule has 0 bridgehead atoms. The quantitative estimate of drug-likeness (QED) is 0.685.